The molecular weight excluding hydrogens is 344 g/mol. The van der Waals surface area contributed by atoms with Gasteiger partial charge in [-0.2, -0.15) is 13.5 Å². The highest BCUT2D eigenvalue weighted by Crippen LogP contribution is 2.36. The second-order valence-electron chi connectivity index (χ2n) is 5.40. The van der Waals surface area contributed by atoms with Crippen molar-refractivity contribution in [1.29, 1.82) is 0 Å². The summed E-state index contributed by atoms with van der Waals surface area (Å²) < 4.78 is 34.8. The molecule has 0 saturated heterocycles. The van der Waals surface area contributed by atoms with Gasteiger partial charge in [-0.1, -0.05) is 17.7 Å². The Balaban J connectivity index is 2.25. The van der Waals surface area contributed by atoms with E-state index in [2.05, 4.69) is 9.93 Å². The maximum absolute atomic E-state index is 12.3. The van der Waals surface area contributed by atoms with Gasteiger partial charge in [-0.3, -0.25) is 0 Å². The summed E-state index contributed by atoms with van der Waals surface area (Å²) >= 11 is 0. The lowest BCUT2D eigenvalue weighted by Crippen LogP contribution is -2.19. The van der Waals surface area contributed by atoms with Crippen molar-refractivity contribution in [2.45, 2.75) is 18.7 Å². The number of ether oxygens (including phenoxy) is 2. The van der Waals surface area contributed by atoms with Gasteiger partial charge in [0.1, 0.15) is 0 Å². The first-order chi connectivity index (χ1) is 11.8. The Hall–Kier alpha value is -2.74. The van der Waals surface area contributed by atoms with E-state index in [0.717, 1.165) is 5.56 Å². The number of methoxy groups -OCH3 is 2. The number of phenolic OH excluding ortho intramolecular Hbond substituents is 1. The SMILES string of the molecule is COc1cc(C=NNS(=O)(=O)c2ccc(C)cc2C)cc(OC)c1O. The normalized spacial score (nSPS) is 11.5. The van der Waals surface area contributed by atoms with Gasteiger partial charge >= 0.3 is 0 Å². The zero-order valence-corrected chi connectivity index (χ0v) is 15.2. The van der Waals surface area contributed by atoms with Crippen LogP contribution in [0.25, 0.3) is 0 Å². The summed E-state index contributed by atoms with van der Waals surface area (Å²) in [5.41, 5.74) is 2.11. The van der Waals surface area contributed by atoms with Crippen molar-refractivity contribution in [2.24, 2.45) is 5.10 Å². The third kappa shape index (κ3) is 4.21. The van der Waals surface area contributed by atoms with Crippen LogP contribution in [0.2, 0.25) is 0 Å². The number of hydrogen-bond acceptors (Lipinski definition) is 6. The Bertz CT molecular complexity index is 882. The first kappa shape index (κ1) is 18.6. The molecular formula is C17H20N2O5S. The van der Waals surface area contributed by atoms with Gasteiger partial charge in [-0.05, 0) is 37.6 Å². The van der Waals surface area contributed by atoms with Crippen LogP contribution in [0.15, 0.2) is 40.3 Å². The molecule has 0 saturated carbocycles. The average Bonchev–Trinajstić information content (AvgIpc) is 2.55. The minimum Gasteiger partial charge on any atom is -0.502 e. The second-order valence-corrected chi connectivity index (χ2v) is 7.03. The number of rotatable bonds is 6. The fourth-order valence-corrected chi connectivity index (χ4v) is 3.33. The Morgan fingerprint density at radius 3 is 2.20 bits per heavy atom. The summed E-state index contributed by atoms with van der Waals surface area (Å²) in [5.74, 6) is 0.245. The van der Waals surface area contributed by atoms with Crippen molar-refractivity contribution in [1.82, 2.24) is 4.83 Å². The van der Waals surface area contributed by atoms with E-state index in [1.807, 2.05) is 6.92 Å². The molecule has 2 rings (SSSR count). The van der Waals surface area contributed by atoms with Crippen molar-refractivity contribution >= 4 is 16.2 Å². The molecule has 0 atom stereocenters. The number of nitrogens with zero attached hydrogens (tertiary/aromatic N) is 1. The van der Waals surface area contributed by atoms with E-state index in [9.17, 15) is 13.5 Å². The number of benzene rings is 2. The maximum Gasteiger partial charge on any atom is 0.276 e. The zero-order valence-electron chi connectivity index (χ0n) is 14.4. The molecule has 0 aromatic heterocycles. The van der Waals surface area contributed by atoms with Crippen molar-refractivity contribution in [3.63, 3.8) is 0 Å². The molecule has 0 radical (unpaired) electrons. The topological polar surface area (TPSA) is 97.2 Å². The lowest BCUT2D eigenvalue weighted by molar-refractivity contribution is 0.340. The molecule has 0 aliphatic rings. The number of sulfonamides is 1. The predicted octanol–water partition coefficient (Wildman–Crippen LogP) is 2.34. The molecule has 0 unspecified atom stereocenters. The fraction of sp³-hybridized carbons (Fsp3) is 0.235. The third-order valence-electron chi connectivity index (χ3n) is 3.51. The number of hydrogen-bond donors (Lipinski definition) is 2. The molecule has 0 spiro atoms. The first-order valence-electron chi connectivity index (χ1n) is 7.35. The van der Waals surface area contributed by atoms with Crippen LogP contribution in [-0.4, -0.2) is 34.0 Å². The molecule has 134 valence electrons. The highest BCUT2D eigenvalue weighted by atomic mass is 32.2. The number of nitrogens with one attached hydrogen (secondary N) is 1. The molecule has 8 heteroatoms. The lowest BCUT2D eigenvalue weighted by Gasteiger charge is -2.09. The average molecular weight is 364 g/mol. The summed E-state index contributed by atoms with van der Waals surface area (Å²) in [6, 6.07) is 8.06. The van der Waals surface area contributed by atoms with Crippen molar-refractivity contribution in [3.8, 4) is 17.2 Å². The zero-order chi connectivity index (χ0) is 18.6. The van der Waals surface area contributed by atoms with E-state index >= 15 is 0 Å². The summed E-state index contributed by atoms with van der Waals surface area (Å²) in [6.07, 6.45) is 1.30. The standard InChI is InChI=1S/C17H20N2O5S/c1-11-5-6-16(12(2)7-11)25(21,22)19-18-10-13-8-14(23-3)17(20)15(9-13)24-4/h5-10,19-20H,1-4H3. The van der Waals surface area contributed by atoms with Gasteiger partial charge in [0.25, 0.3) is 10.0 Å². The fourth-order valence-electron chi connectivity index (χ4n) is 2.31. The van der Waals surface area contributed by atoms with Gasteiger partial charge < -0.3 is 14.6 Å². The summed E-state index contributed by atoms with van der Waals surface area (Å²) in [6.45, 7) is 3.61. The van der Waals surface area contributed by atoms with Crippen molar-refractivity contribution in [3.05, 3.63) is 47.0 Å². The van der Waals surface area contributed by atoms with Crippen LogP contribution in [0.1, 0.15) is 16.7 Å². The molecule has 0 aliphatic carbocycles. The Kier molecular flexibility index (Phi) is 5.53. The van der Waals surface area contributed by atoms with E-state index in [-0.39, 0.29) is 22.1 Å². The van der Waals surface area contributed by atoms with Gasteiger partial charge in [-0.15, -0.1) is 0 Å². The van der Waals surface area contributed by atoms with E-state index in [1.54, 1.807) is 19.1 Å². The molecule has 0 aliphatic heterocycles. The van der Waals surface area contributed by atoms with Crippen molar-refractivity contribution < 1.29 is 23.0 Å². The van der Waals surface area contributed by atoms with Gasteiger partial charge in [0.15, 0.2) is 11.5 Å². The Labute approximate surface area is 147 Å². The summed E-state index contributed by atoms with van der Waals surface area (Å²) in [7, 11) is -0.975. The first-order valence-corrected chi connectivity index (χ1v) is 8.84. The smallest absolute Gasteiger partial charge is 0.276 e. The van der Waals surface area contributed by atoms with Crippen LogP contribution in [-0.2, 0) is 10.0 Å². The van der Waals surface area contributed by atoms with Gasteiger partial charge in [-0.25, -0.2) is 4.83 Å². The largest absolute Gasteiger partial charge is 0.502 e. The van der Waals surface area contributed by atoms with E-state index in [4.69, 9.17) is 9.47 Å². The van der Waals surface area contributed by atoms with Crippen LogP contribution in [0.4, 0.5) is 0 Å². The summed E-state index contributed by atoms with van der Waals surface area (Å²) in [4.78, 5) is 2.33. The lowest BCUT2D eigenvalue weighted by atomic mass is 10.2. The van der Waals surface area contributed by atoms with E-state index in [1.165, 1.54) is 38.6 Å². The van der Waals surface area contributed by atoms with Gasteiger partial charge in [0, 0.05) is 5.56 Å². The van der Waals surface area contributed by atoms with Crippen LogP contribution in [0, 0.1) is 13.8 Å². The Morgan fingerprint density at radius 1 is 1.08 bits per heavy atom. The molecule has 0 bridgehead atoms. The second kappa shape index (κ2) is 7.43. The van der Waals surface area contributed by atoms with E-state index < -0.39 is 10.0 Å². The highest BCUT2D eigenvalue weighted by Gasteiger charge is 2.16. The molecule has 0 amide bonds. The molecule has 7 nitrogen and oxygen atoms in total. The van der Waals surface area contributed by atoms with Gasteiger partial charge in [0.05, 0.1) is 25.3 Å². The monoisotopic (exact) mass is 364 g/mol. The van der Waals surface area contributed by atoms with E-state index in [0.29, 0.717) is 11.1 Å². The highest BCUT2D eigenvalue weighted by molar-refractivity contribution is 7.89. The minimum absolute atomic E-state index is 0.141. The van der Waals surface area contributed by atoms with Crippen LogP contribution in [0.3, 0.4) is 0 Å². The van der Waals surface area contributed by atoms with Gasteiger partial charge in [0.2, 0.25) is 5.75 Å². The number of hydrazone groups is 1. The van der Waals surface area contributed by atoms with Crippen molar-refractivity contribution in [2.75, 3.05) is 14.2 Å². The molecule has 2 aromatic carbocycles. The molecule has 0 heterocycles. The minimum atomic E-state index is -3.78. The Morgan fingerprint density at radius 2 is 1.68 bits per heavy atom. The van der Waals surface area contributed by atoms with Crippen LogP contribution in [0.5, 0.6) is 17.2 Å². The number of aromatic hydroxyl groups is 1. The third-order valence-corrected chi connectivity index (χ3v) is 4.89. The molecule has 2 N–H and O–H groups in total. The number of aryl methyl sites for hydroxylation is 2. The molecule has 0 fully saturated rings. The number of phenols is 1. The molecule has 25 heavy (non-hydrogen) atoms. The molecule has 2 aromatic rings. The van der Waals surface area contributed by atoms with Crippen LogP contribution < -0.4 is 14.3 Å². The summed E-state index contributed by atoms with van der Waals surface area (Å²) in [5, 5.41) is 13.6. The van der Waals surface area contributed by atoms with Crippen LogP contribution >= 0.6 is 0 Å². The quantitative estimate of drug-likeness (QED) is 0.606. The predicted molar refractivity (Wildman–Crippen MR) is 95.0 cm³/mol. The maximum atomic E-state index is 12.3.